The second-order valence-electron chi connectivity index (χ2n) is 4.76. The van der Waals surface area contributed by atoms with Gasteiger partial charge in [-0.2, -0.15) is 0 Å². The van der Waals surface area contributed by atoms with Crippen LogP contribution >= 0.6 is 0 Å². The van der Waals surface area contributed by atoms with Crippen molar-refractivity contribution in [2.45, 2.75) is 31.7 Å². The Labute approximate surface area is 102 Å². The molecule has 1 saturated carbocycles. The maximum Gasteiger partial charge on any atom is 0.253 e. The van der Waals surface area contributed by atoms with E-state index in [4.69, 9.17) is 0 Å². The van der Waals surface area contributed by atoms with E-state index >= 15 is 0 Å². The van der Waals surface area contributed by atoms with Crippen LogP contribution in [-0.4, -0.2) is 35.9 Å². The minimum absolute atomic E-state index is 0.0156. The lowest BCUT2D eigenvalue weighted by atomic mass is 10.2. The smallest absolute Gasteiger partial charge is 0.253 e. The van der Waals surface area contributed by atoms with Crippen LogP contribution in [0, 0.1) is 0 Å². The molecule has 1 fully saturated rings. The van der Waals surface area contributed by atoms with Gasteiger partial charge in [-0.3, -0.25) is 4.79 Å². The molecule has 92 valence electrons. The number of nitrogens with zero attached hydrogens (tertiary/aromatic N) is 2. The van der Waals surface area contributed by atoms with Gasteiger partial charge in [0.05, 0.1) is 0 Å². The number of amides is 1. The third kappa shape index (κ3) is 2.96. The lowest BCUT2D eigenvalue weighted by Gasteiger charge is -2.14. The highest BCUT2D eigenvalue weighted by molar-refractivity contribution is 5.94. The fourth-order valence-electron chi connectivity index (χ4n) is 2.18. The molecule has 1 aromatic rings. The van der Waals surface area contributed by atoms with Gasteiger partial charge in [0, 0.05) is 31.9 Å². The van der Waals surface area contributed by atoms with E-state index in [1.807, 2.05) is 6.07 Å². The Balaban J connectivity index is 2.08. The van der Waals surface area contributed by atoms with Crippen molar-refractivity contribution in [3.05, 3.63) is 23.9 Å². The largest absolute Gasteiger partial charge is 0.367 e. The molecule has 0 atom stereocenters. The van der Waals surface area contributed by atoms with Gasteiger partial charge in [-0.05, 0) is 25.0 Å². The van der Waals surface area contributed by atoms with E-state index in [9.17, 15) is 4.79 Å². The summed E-state index contributed by atoms with van der Waals surface area (Å²) in [5.41, 5.74) is 0.686. The SMILES string of the molecule is CN(C)C(=O)c1ccnc(NC2CCCC2)c1. The number of pyridine rings is 1. The fourth-order valence-corrected chi connectivity index (χ4v) is 2.18. The summed E-state index contributed by atoms with van der Waals surface area (Å²) >= 11 is 0. The summed E-state index contributed by atoms with van der Waals surface area (Å²) < 4.78 is 0. The van der Waals surface area contributed by atoms with E-state index in [-0.39, 0.29) is 5.91 Å². The summed E-state index contributed by atoms with van der Waals surface area (Å²) in [5.74, 6) is 0.825. The van der Waals surface area contributed by atoms with Gasteiger partial charge in [0.15, 0.2) is 0 Å². The fraction of sp³-hybridized carbons (Fsp3) is 0.538. The summed E-state index contributed by atoms with van der Waals surface area (Å²) in [6, 6.07) is 4.11. The van der Waals surface area contributed by atoms with Gasteiger partial charge in [-0.15, -0.1) is 0 Å². The van der Waals surface area contributed by atoms with E-state index < -0.39 is 0 Å². The van der Waals surface area contributed by atoms with Gasteiger partial charge >= 0.3 is 0 Å². The summed E-state index contributed by atoms with van der Waals surface area (Å²) in [4.78, 5) is 17.6. The van der Waals surface area contributed by atoms with Crippen LogP contribution in [0.5, 0.6) is 0 Å². The maximum absolute atomic E-state index is 11.8. The third-order valence-corrected chi connectivity index (χ3v) is 3.12. The van der Waals surface area contributed by atoms with Crippen LogP contribution in [0.15, 0.2) is 18.3 Å². The van der Waals surface area contributed by atoms with Gasteiger partial charge in [-0.1, -0.05) is 12.8 Å². The monoisotopic (exact) mass is 233 g/mol. The number of nitrogens with one attached hydrogen (secondary N) is 1. The Bertz CT molecular complexity index is 397. The van der Waals surface area contributed by atoms with Gasteiger partial charge in [0.25, 0.3) is 5.91 Å². The predicted octanol–water partition coefficient (Wildman–Crippen LogP) is 2.14. The van der Waals surface area contributed by atoms with Crippen molar-refractivity contribution in [1.82, 2.24) is 9.88 Å². The highest BCUT2D eigenvalue weighted by Crippen LogP contribution is 2.21. The Morgan fingerprint density at radius 1 is 1.41 bits per heavy atom. The highest BCUT2D eigenvalue weighted by atomic mass is 16.2. The normalized spacial score (nSPS) is 15.9. The number of carbonyl (C=O) groups is 1. The molecule has 4 heteroatoms. The molecule has 4 nitrogen and oxygen atoms in total. The van der Waals surface area contributed by atoms with Crippen molar-refractivity contribution in [3.63, 3.8) is 0 Å². The molecule has 0 bridgehead atoms. The number of carbonyl (C=O) groups excluding carboxylic acids is 1. The summed E-state index contributed by atoms with van der Waals surface area (Å²) in [7, 11) is 3.51. The van der Waals surface area contributed by atoms with Crippen molar-refractivity contribution in [1.29, 1.82) is 0 Å². The topological polar surface area (TPSA) is 45.2 Å². The molecular formula is C13H19N3O. The minimum atomic E-state index is 0.0156. The minimum Gasteiger partial charge on any atom is -0.367 e. The summed E-state index contributed by atoms with van der Waals surface area (Å²) in [6.45, 7) is 0. The van der Waals surface area contributed by atoms with E-state index in [1.54, 1.807) is 31.3 Å². The first-order chi connectivity index (χ1) is 8.16. The molecule has 1 aliphatic carbocycles. The molecule has 1 aromatic heterocycles. The van der Waals surface area contributed by atoms with Crippen LogP contribution in [0.1, 0.15) is 36.0 Å². The molecule has 0 aromatic carbocycles. The van der Waals surface area contributed by atoms with Crippen LogP contribution < -0.4 is 5.32 Å². The lowest BCUT2D eigenvalue weighted by Crippen LogP contribution is -2.22. The van der Waals surface area contributed by atoms with Crippen molar-refractivity contribution in [3.8, 4) is 0 Å². The molecule has 1 heterocycles. The van der Waals surface area contributed by atoms with E-state index in [0.29, 0.717) is 11.6 Å². The second kappa shape index (κ2) is 5.17. The van der Waals surface area contributed by atoms with Crippen LogP contribution in [0.25, 0.3) is 0 Å². The van der Waals surface area contributed by atoms with Gasteiger partial charge in [0.1, 0.15) is 5.82 Å². The molecular weight excluding hydrogens is 214 g/mol. The van der Waals surface area contributed by atoms with Crippen molar-refractivity contribution < 1.29 is 4.79 Å². The Kier molecular flexibility index (Phi) is 3.61. The first-order valence-corrected chi connectivity index (χ1v) is 6.11. The zero-order valence-corrected chi connectivity index (χ0v) is 10.4. The molecule has 0 radical (unpaired) electrons. The van der Waals surface area contributed by atoms with E-state index in [2.05, 4.69) is 10.3 Å². The van der Waals surface area contributed by atoms with Crippen LogP contribution in [0.3, 0.4) is 0 Å². The zero-order chi connectivity index (χ0) is 12.3. The molecule has 1 aliphatic rings. The molecule has 0 spiro atoms. The number of rotatable bonds is 3. The number of hydrogen-bond donors (Lipinski definition) is 1. The van der Waals surface area contributed by atoms with E-state index in [1.165, 1.54) is 25.7 Å². The van der Waals surface area contributed by atoms with E-state index in [0.717, 1.165) is 5.82 Å². The average Bonchev–Trinajstić information content (AvgIpc) is 2.81. The lowest BCUT2D eigenvalue weighted by molar-refractivity contribution is 0.0827. The standard InChI is InChI=1S/C13H19N3O/c1-16(2)13(17)10-7-8-14-12(9-10)15-11-5-3-4-6-11/h7-9,11H,3-6H2,1-2H3,(H,14,15). The van der Waals surface area contributed by atoms with Crippen LogP contribution in [0.2, 0.25) is 0 Å². The second-order valence-corrected chi connectivity index (χ2v) is 4.76. The number of hydrogen-bond acceptors (Lipinski definition) is 3. The Morgan fingerprint density at radius 3 is 2.76 bits per heavy atom. The zero-order valence-electron chi connectivity index (χ0n) is 10.4. The third-order valence-electron chi connectivity index (χ3n) is 3.12. The molecule has 0 aliphatic heterocycles. The number of anilines is 1. The predicted molar refractivity (Wildman–Crippen MR) is 68.1 cm³/mol. The van der Waals surface area contributed by atoms with Gasteiger partial charge < -0.3 is 10.2 Å². The van der Waals surface area contributed by atoms with Crippen LogP contribution in [-0.2, 0) is 0 Å². The molecule has 1 amide bonds. The maximum atomic E-state index is 11.8. The first kappa shape index (κ1) is 11.9. The molecule has 17 heavy (non-hydrogen) atoms. The van der Waals surface area contributed by atoms with Crippen molar-refractivity contribution >= 4 is 11.7 Å². The molecule has 2 rings (SSSR count). The Hall–Kier alpha value is -1.58. The number of aromatic nitrogens is 1. The van der Waals surface area contributed by atoms with Crippen molar-refractivity contribution in [2.24, 2.45) is 0 Å². The summed E-state index contributed by atoms with van der Waals surface area (Å²) in [5, 5.41) is 3.39. The van der Waals surface area contributed by atoms with Crippen LogP contribution in [0.4, 0.5) is 5.82 Å². The molecule has 0 unspecified atom stereocenters. The average molecular weight is 233 g/mol. The molecule has 0 saturated heterocycles. The van der Waals surface area contributed by atoms with Gasteiger partial charge in [0.2, 0.25) is 0 Å². The quantitative estimate of drug-likeness (QED) is 0.870. The van der Waals surface area contributed by atoms with Gasteiger partial charge in [-0.25, -0.2) is 4.98 Å². The summed E-state index contributed by atoms with van der Waals surface area (Å²) in [6.07, 6.45) is 6.66. The van der Waals surface area contributed by atoms with Crippen molar-refractivity contribution in [2.75, 3.05) is 19.4 Å². The molecule has 1 N–H and O–H groups in total. The highest BCUT2D eigenvalue weighted by Gasteiger charge is 2.16. The first-order valence-electron chi connectivity index (χ1n) is 6.11. The Morgan fingerprint density at radius 2 is 2.12 bits per heavy atom.